The molecule has 146 valence electrons. The van der Waals surface area contributed by atoms with Gasteiger partial charge >= 0.3 is 0 Å². The summed E-state index contributed by atoms with van der Waals surface area (Å²) >= 11 is 0. The fraction of sp³-hybridized carbons (Fsp3) is 0.615. The van der Waals surface area contributed by atoms with E-state index in [0.29, 0.717) is 5.92 Å². The van der Waals surface area contributed by atoms with Crippen LogP contribution in [0.1, 0.15) is 89.0 Å². The lowest BCUT2D eigenvalue weighted by Gasteiger charge is -2.42. The van der Waals surface area contributed by atoms with Crippen LogP contribution in [0.5, 0.6) is 0 Å². The number of hydrogen-bond donors (Lipinski definition) is 0. The fourth-order valence-corrected chi connectivity index (χ4v) is 5.90. The van der Waals surface area contributed by atoms with Crippen LogP contribution < -0.4 is 0 Å². The molecule has 2 fully saturated rings. The first-order valence-electron chi connectivity index (χ1n) is 11.4. The molecule has 0 aromatic heterocycles. The highest BCUT2D eigenvalue weighted by molar-refractivity contribution is 5.83. The van der Waals surface area contributed by atoms with Crippen molar-refractivity contribution in [3.63, 3.8) is 0 Å². The smallest absolute Gasteiger partial charge is 0.123 e. The Morgan fingerprint density at radius 1 is 0.815 bits per heavy atom. The van der Waals surface area contributed by atoms with Gasteiger partial charge in [-0.1, -0.05) is 69.7 Å². The summed E-state index contributed by atoms with van der Waals surface area (Å²) in [4.78, 5) is 0. The van der Waals surface area contributed by atoms with Crippen LogP contribution in [0.4, 0.5) is 4.39 Å². The van der Waals surface area contributed by atoms with E-state index in [1.165, 1.54) is 76.2 Å². The predicted molar refractivity (Wildman–Crippen MR) is 114 cm³/mol. The lowest BCUT2D eigenvalue weighted by Crippen LogP contribution is -2.30. The largest absolute Gasteiger partial charge is 0.207 e. The maximum absolute atomic E-state index is 13.6. The molecule has 4 rings (SSSR count). The van der Waals surface area contributed by atoms with Crippen molar-refractivity contribution in [1.82, 2.24) is 0 Å². The van der Waals surface area contributed by atoms with Crippen LogP contribution in [0.2, 0.25) is 0 Å². The molecular formula is C26H35F. The zero-order valence-corrected chi connectivity index (χ0v) is 16.9. The van der Waals surface area contributed by atoms with Crippen LogP contribution >= 0.6 is 0 Å². The second-order valence-corrected chi connectivity index (χ2v) is 9.31. The first kappa shape index (κ1) is 19.0. The lowest BCUT2D eigenvalue weighted by atomic mass is 9.63. The number of unbranched alkanes of at least 4 members (excludes halogenated alkanes) is 3. The predicted octanol–water partition coefficient (Wildman–Crippen LogP) is 8.25. The number of rotatable bonds is 6. The van der Waals surface area contributed by atoms with Crippen molar-refractivity contribution >= 4 is 10.8 Å². The molecule has 1 heteroatoms. The fourth-order valence-electron chi connectivity index (χ4n) is 5.90. The van der Waals surface area contributed by atoms with Crippen molar-refractivity contribution in [3.05, 3.63) is 47.8 Å². The monoisotopic (exact) mass is 366 g/mol. The molecule has 0 nitrogen and oxygen atoms in total. The van der Waals surface area contributed by atoms with Gasteiger partial charge in [-0.25, -0.2) is 4.39 Å². The van der Waals surface area contributed by atoms with Gasteiger partial charge in [0, 0.05) is 0 Å². The van der Waals surface area contributed by atoms with Gasteiger partial charge in [-0.15, -0.1) is 0 Å². The summed E-state index contributed by atoms with van der Waals surface area (Å²) in [5.74, 6) is 3.46. The van der Waals surface area contributed by atoms with Crippen LogP contribution in [0.3, 0.4) is 0 Å². The Bertz CT molecular complexity index is 749. The zero-order chi connectivity index (χ0) is 18.6. The number of benzene rings is 2. The molecular weight excluding hydrogens is 331 g/mol. The summed E-state index contributed by atoms with van der Waals surface area (Å²) in [5, 5.41) is 2.21. The maximum atomic E-state index is 13.6. The highest BCUT2D eigenvalue weighted by Crippen LogP contribution is 2.48. The summed E-state index contributed by atoms with van der Waals surface area (Å²) in [6.07, 6.45) is 15.6. The summed E-state index contributed by atoms with van der Waals surface area (Å²) in [6.45, 7) is 2.30. The van der Waals surface area contributed by atoms with E-state index in [9.17, 15) is 4.39 Å². The summed E-state index contributed by atoms with van der Waals surface area (Å²) in [7, 11) is 0. The number of halogens is 1. The Kier molecular flexibility index (Phi) is 6.15. The Labute approximate surface area is 164 Å². The normalized spacial score (nSPS) is 28.2. The van der Waals surface area contributed by atoms with E-state index in [2.05, 4.69) is 25.1 Å². The second-order valence-electron chi connectivity index (χ2n) is 9.31. The average molecular weight is 367 g/mol. The third kappa shape index (κ3) is 4.55. The molecule has 0 aliphatic heterocycles. The van der Waals surface area contributed by atoms with E-state index in [1.807, 2.05) is 6.07 Å². The van der Waals surface area contributed by atoms with Gasteiger partial charge in [-0.2, -0.15) is 0 Å². The Morgan fingerprint density at radius 3 is 2.52 bits per heavy atom. The zero-order valence-electron chi connectivity index (χ0n) is 16.9. The Morgan fingerprint density at radius 2 is 1.63 bits per heavy atom. The Hall–Kier alpha value is -1.37. The van der Waals surface area contributed by atoms with Crippen LogP contribution in [0, 0.1) is 23.6 Å². The molecule has 2 aromatic carbocycles. The van der Waals surface area contributed by atoms with Crippen LogP contribution in [0.15, 0.2) is 36.4 Å². The molecule has 0 N–H and O–H groups in total. The first-order chi connectivity index (χ1) is 13.2. The molecule has 4 unspecified atom stereocenters. The number of fused-ring (bicyclic) bond motifs is 2. The molecule has 2 aliphatic rings. The third-order valence-corrected chi connectivity index (χ3v) is 7.49. The van der Waals surface area contributed by atoms with Crippen molar-refractivity contribution in [2.24, 2.45) is 17.8 Å². The molecule has 0 amide bonds. The molecule has 2 aromatic rings. The van der Waals surface area contributed by atoms with E-state index in [4.69, 9.17) is 0 Å². The molecule has 0 saturated heterocycles. The molecule has 0 bridgehead atoms. The van der Waals surface area contributed by atoms with Gasteiger partial charge in [-0.05, 0) is 84.2 Å². The van der Waals surface area contributed by atoms with E-state index >= 15 is 0 Å². The van der Waals surface area contributed by atoms with Gasteiger partial charge in [0.15, 0.2) is 0 Å². The molecule has 2 aliphatic carbocycles. The van der Waals surface area contributed by atoms with Crippen molar-refractivity contribution in [3.8, 4) is 0 Å². The molecule has 4 atom stereocenters. The maximum Gasteiger partial charge on any atom is 0.123 e. The molecule has 0 spiro atoms. The average Bonchev–Trinajstić information content (AvgIpc) is 2.70. The van der Waals surface area contributed by atoms with Crippen LogP contribution in [-0.2, 0) is 0 Å². The lowest BCUT2D eigenvalue weighted by molar-refractivity contribution is 0.113. The molecule has 0 radical (unpaired) electrons. The second kappa shape index (κ2) is 8.76. The van der Waals surface area contributed by atoms with Gasteiger partial charge in [0.05, 0.1) is 0 Å². The van der Waals surface area contributed by atoms with Gasteiger partial charge in [0.1, 0.15) is 5.82 Å². The van der Waals surface area contributed by atoms with E-state index < -0.39 is 0 Å². The van der Waals surface area contributed by atoms with Crippen LogP contribution in [0.25, 0.3) is 10.8 Å². The van der Waals surface area contributed by atoms with Gasteiger partial charge < -0.3 is 0 Å². The van der Waals surface area contributed by atoms with E-state index in [0.717, 1.165) is 28.5 Å². The minimum Gasteiger partial charge on any atom is -0.207 e. The number of hydrogen-bond acceptors (Lipinski definition) is 0. The first-order valence-corrected chi connectivity index (χ1v) is 11.4. The Balaban J connectivity index is 1.35. The van der Waals surface area contributed by atoms with Gasteiger partial charge in [-0.3, -0.25) is 0 Å². The minimum absolute atomic E-state index is 0.124. The molecule has 27 heavy (non-hydrogen) atoms. The SMILES string of the molecule is CCCCCCC1CCC2CC(c3ccc4ccc(F)cc4c3)CCC2C1. The van der Waals surface area contributed by atoms with Crippen molar-refractivity contribution in [2.45, 2.75) is 83.5 Å². The summed E-state index contributed by atoms with van der Waals surface area (Å²) in [6, 6.07) is 11.9. The molecule has 0 heterocycles. The van der Waals surface area contributed by atoms with Gasteiger partial charge in [0.25, 0.3) is 0 Å². The van der Waals surface area contributed by atoms with E-state index in [1.54, 1.807) is 12.1 Å². The topological polar surface area (TPSA) is 0 Å². The third-order valence-electron chi connectivity index (χ3n) is 7.49. The highest BCUT2D eigenvalue weighted by Gasteiger charge is 2.35. The summed E-state index contributed by atoms with van der Waals surface area (Å²) in [5.41, 5.74) is 1.44. The summed E-state index contributed by atoms with van der Waals surface area (Å²) < 4.78 is 13.6. The van der Waals surface area contributed by atoms with Gasteiger partial charge in [0.2, 0.25) is 0 Å². The minimum atomic E-state index is -0.124. The molecule has 2 saturated carbocycles. The quantitative estimate of drug-likeness (QED) is 0.451. The van der Waals surface area contributed by atoms with Crippen molar-refractivity contribution in [2.75, 3.05) is 0 Å². The highest BCUT2D eigenvalue weighted by atomic mass is 19.1. The van der Waals surface area contributed by atoms with Crippen LogP contribution in [-0.4, -0.2) is 0 Å². The van der Waals surface area contributed by atoms with E-state index in [-0.39, 0.29) is 5.82 Å². The standard InChI is InChI=1S/C26H35F/c1-2-3-4-5-6-19-7-8-22-16-23(12-11-21(22)15-19)24-10-9-20-13-14-26(27)18-25(20)17-24/h9-10,13-14,17-19,21-23H,2-8,11-12,15-16H2,1H3. The van der Waals surface area contributed by atoms with Crippen molar-refractivity contribution in [1.29, 1.82) is 0 Å². The van der Waals surface area contributed by atoms with Crippen molar-refractivity contribution < 1.29 is 4.39 Å².